The van der Waals surface area contributed by atoms with E-state index in [-0.39, 0.29) is 5.91 Å². The third kappa shape index (κ3) is 4.84. The normalized spacial score (nSPS) is 10.3. The zero-order valence-corrected chi connectivity index (χ0v) is 13.2. The zero-order chi connectivity index (χ0) is 15.9. The minimum atomic E-state index is 0.0154. The standard InChI is InChI=1S/C17H21N3O2/c1-4-5-9-16(21)20-14-7-6-8-15(11-14)22-17-18-12(2)10-13(3)19-17/h6-8,10-11H,4-5,9H2,1-3H3,(H,20,21). The molecule has 1 N–H and O–H groups in total. The van der Waals surface area contributed by atoms with Crippen LogP contribution in [0.5, 0.6) is 11.8 Å². The molecule has 0 saturated heterocycles. The first-order chi connectivity index (χ1) is 10.6. The molecule has 0 unspecified atom stereocenters. The van der Waals surface area contributed by atoms with Crippen molar-refractivity contribution in [3.63, 3.8) is 0 Å². The lowest BCUT2D eigenvalue weighted by Crippen LogP contribution is -2.10. The zero-order valence-electron chi connectivity index (χ0n) is 13.2. The summed E-state index contributed by atoms with van der Waals surface area (Å²) in [5.41, 5.74) is 2.42. The van der Waals surface area contributed by atoms with Crippen LogP contribution >= 0.6 is 0 Å². The molecule has 0 fully saturated rings. The quantitative estimate of drug-likeness (QED) is 0.875. The number of unbranched alkanes of at least 4 members (excludes halogenated alkanes) is 1. The number of rotatable bonds is 6. The van der Waals surface area contributed by atoms with Gasteiger partial charge in [0.2, 0.25) is 5.91 Å². The van der Waals surface area contributed by atoms with Gasteiger partial charge in [0.1, 0.15) is 5.75 Å². The first-order valence-electron chi connectivity index (χ1n) is 7.47. The average molecular weight is 299 g/mol. The van der Waals surface area contributed by atoms with Gasteiger partial charge < -0.3 is 10.1 Å². The average Bonchev–Trinajstić information content (AvgIpc) is 2.44. The van der Waals surface area contributed by atoms with E-state index in [0.717, 1.165) is 24.2 Å². The maximum atomic E-state index is 11.8. The highest BCUT2D eigenvalue weighted by atomic mass is 16.5. The van der Waals surface area contributed by atoms with Gasteiger partial charge in [-0.3, -0.25) is 4.79 Å². The fraction of sp³-hybridized carbons (Fsp3) is 0.353. The summed E-state index contributed by atoms with van der Waals surface area (Å²) >= 11 is 0. The van der Waals surface area contributed by atoms with Crippen LogP contribution in [-0.2, 0) is 4.79 Å². The van der Waals surface area contributed by atoms with E-state index in [1.807, 2.05) is 38.1 Å². The first-order valence-corrected chi connectivity index (χ1v) is 7.47. The Labute approximate surface area is 130 Å². The van der Waals surface area contributed by atoms with Gasteiger partial charge in [-0.1, -0.05) is 19.4 Å². The summed E-state index contributed by atoms with van der Waals surface area (Å²) in [6.07, 6.45) is 2.42. The third-order valence-electron chi connectivity index (χ3n) is 3.05. The molecule has 0 spiro atoms. The van der Waals surface area contributed by atoms with Gasteiger partial charge in [0.25, 0.3) is 0 Å². The lowest BCUT2D eigenvalue weighted by Gasteiger charge is -2.08. The van der Waals surface area contributed by atoms with E-state index in [1.54, 1.807) is 6.07 Å². The van der Waals surface area contributed by atoms with Crippen LogP contribution in [0.2, 0.25) is 0 Å². The Morgan fingerprint density at radius 2 is 1.91 bits per heavy atom. The van der Waals surface area contributed by atoms with Crippen LogP contribution in [-0.4, -0.2) is 15.9 Å². The van der Waals surface area contributed by atoms with Crippen LogP contribution in [0.3, 0.4) is 0 Å². The Morgan fingerprint density at radius 3 is 2.59 bits per heavy atom. The number of hydrogen-bond acceptors (Lipinski definition) is 4. The molecule has 0 aliphatic rings. The molecule has 1 heterocycles. The molecule has 2 aromatic rings. The van der Waals surface area contributed by atoms with E-state index in [0.29, 0.717) is 23.9 Å². The lowest BCUT2D eigenvalue weighted by molar-refractivity contribution is -0.116. The van der Waals surface area contributed by atoms with Gasteiger partial charge in [0.15, 0.2) is 0 Å². The van der Waals surface area contributed by atoms with Crippen molar-refractivity contribution in [3.8, 4) is 11.8 Å². The van der Waals surface area contributed by atoms with Crippen molar-refractivity contribution in [2.45, 2.75) is 40.0 Å². The second-order valence-electron chi connectivity index (χ2n) is 5.21. The van der Waals surface area contributed by atoms with Gasteiger partial charge in [-0.2, -0.15) is 0 Å². The van der Waals surface area contributed by atoms with Gasteiger partial charge in [0, 0.05) is 29.6 Å². The Kier molecular flexibility index (Phi) is 5.47. The van der Waals surface area contributed by atoms with Crippen LogP contribution < -0.4 is 10.1 Å². The number of aromatic nitrogens is 2. The summed E-state index contributed by atoms with van der Waals surface area (Å²) in [5, 5.41) is 2.87. The Morgan fingerprint density at radius 1 is 1.18 bits per heavy atom. The maximum absolute atomic E-state index is 11.8. The molecule has 0 bridgehead atoms. The Balaban J connectivity index is 2.06. The molecule has 22 heavy (non-hydrogen) atoms. The van der Waals surface area contributed by atoms with Crippen LogP contribution in [0.4, 0.5) is 5.69 Å². The summed E-state index contributed by atoms with van der Waals surface area (Å²) in [4.78, 5) is 20.2. The summed E-state index contributed by atoms with van der Waals surface area (Å²) in [6.45, 7) is 5.85. The molecule has 0 aliphatic heterocycles. The number of ether oxygens (including phenoxy) is 1. The number of nitrogens with zero attached hydrogens (tertiary/aromatic N) is 2. The number of aryl methyl sites for hydroxylation is 2. The monoisotopic (exact) mass is 299 g/mol. The molecule has 116 valence electrons. The van der Waals surface area contributed by atoms with Crippen LogP contribution in [0.25, 0.3) is 0 Å². The predicted octanol–water partition coefficient (Wildman–Crippen LogP) is 4.01. The van der Waals surface area contributed by atoms with E-state index < -0.39 is 0 Å². The highest BCUT2D eigenvalue weighted by Crippen LogP contribution is 2.22. The van der Waals surface area contributed by atoms with Crippen molar-refractivity contribution in [3.05, 3.63) is 41.7 Å². The number of nitrogens with one attached hydrogen (secondary N) is 1. The highest BCUT2D eigenvalue weighted by Gasteiger charge is 2.05. The number of benzene rings is 1. The van der Waals surface area contributed by atoms with Gasteiger partial charge in [0.05, 0.1) is 0 Å². The number of carbonyl (C=O) groups is 1. The van der Waals surface area contributed by atoms with Gasteiger partial charge in [-0.15, -0.1) is 0 Å². The summed E-state index contributed by atoms with van der Waals surface area (Å²) in [6, 6.07) is 9.43. The number of carbonyl (C=O) groups excluding carboxylic acids is 1. The SMILES string of the molecule is CCCCC(=O)Nc1cccc(Oc2nc(C)cc(C)n2)c1. The van der Waals surface area contributed by atoms with Crippen molar-refractivity contribution >= 4 is 11.6 Å². The van der Waals surface area contributed by atoms with Crippen molar-refractivity contribution in [2.24, 2.45) is 0 Å². The summed E-state index contributed by atoms with van der Waals surface area (Å²) in [5.74, 6) is 0.611. The molecule has 0 atom stereocenters. The van der Waals surface area contributed by atoms with Gasteiger partial charge in [-0.25, -0.2) is 9.97 Å². The molecular weight excluding hydrogens is 278 g/mol. The second-order valence-corrected chi connectivity index (χ2v) is 5.21. The van der Waals surface area contributed by atoms with E-state index in [4.69, 9.17) is 4.74 Å². The highest BCUT2D eigenvalue weighted by molar-refractivity contribution is 5.90. The number of hydrogen-bond donors (Lipinski definition) is 1. The molecule has 5 heteroatoms. The molecule has 0 aliphatic carbocycles. The molecule has 5 nitrogen and oxygen atoms in total. The molecule has 0 saturated carbocycles. The topological polar surface area (TPSA) is 64.1 Å². The fourth-order valence-corrected chi connectivity index (χ4v) is 2.04. The Hall–Kier alpha value is -2.43. The minimum Gasteiger partial charge on any atom is -0.424 e. The van der Waals surface area contributed by atoms with Crippen molar-refractivity contribution in [2.75, 3.05) is 5.32 Å². The smallest absolute Gasteiger partial charge is 0.322 e. The number of anilines is 1. The predicted molar refractivity (Wildman–Crippen MR) is 86.2 cm³/mol. The van der Waals surface area contributed by atoms with Crippen LogP contribution in [0, 0.1) is 13.8 Å². The maximum Gasteiger partial charge on any atom is 0.322 e. The molecule has 2 rings (SSSR count). The van der Waals surface area contributed by atoms with Crippen LogP contribution in [0.1, 0.15) is 37.6 Å². The molecule has 1 aromatic carbocycles. The molecular formula is C17H21N3O2. The lowest BCUT2D eigenvalue weighted by atomic mass is 10.2. The summed E-state index contributed by atoms with van der Waals surface area (Å²) < 4.78 is 5.67. The minimum absolute atomic E-state index is 0.0154. The van der Waals surface area contributed by atoms with Gasteiger partial charge in [-0.05, 0) is 38.5 Å². The van der Waals surface area contributed by atoms with Crippen molar-refractivity contribution in [1.29, 1.82) is 0 Å². The van der Waals surface area contributed by atoms with E-state index in [2.05, 4.69) is 22.2 Å². The molecule has 1 aromatic heterocycles. The van der Waals surface area contributed by atoms with Crippen LogP contribution in [0.15, 0.2) is 30.3 Å². The summed E-state index contributed by atoms with van der Waals surface area (Å²) in [7, 11) is 0. The Bertz CT molecular complexity index is 636. The van der Waals surface area contributed by atoms with Gasteiger partial charge >= 0.3 is 6.01 Å². The van der Waals surface area contributed by atoms with Crippen molar-refractivity contribution < 1.29 is 9.53 Å². The van der Waals surface area contributed by atoms with E-state index >= 15 is 0 Å². The van der Waals surface area contributed by atoms with Crippen molar-refractivity contribution in [1.82, 2.24) is 9.97 Å². The largest absolute Gasteiger partial charge is 0.424 e. The molecule has 1 amide bonds. The number of amides is 1. The first kappa shape index (κ1) is 15.9. The third-order valence-corrected chi connectivity index (χ3v) is 3.05. The fourth-order valence-electron chi connectivity index (χ4n) is 2.04. The van der Waals surface area contributed by atoms with E-state index in [1.165, 1.54) is 0 Å². The molecule has 0 radical (unpaired) electrons. The second kappa shape index (κ2) is 7.54. The van der Waals surface area contributed by atoms with E-state index in [9.17, 15) is 4.79 Å².